The molecule has 116 valence electrons. The minimum atomic E-state index is -0.554. The average Bonchev–Trinajstić information content (AvgIpc) is 3.06. The molecule has 0 saturated carbocycles. The molecule has 3 amide bonds. The van der Waals surface area contributed by atoms with Crippen molar-refractivity contribution in [2.24, 2.45) is 0 Å². The van der Waals surface area contributed by atoms with Gasteiger partial charge in [0, 0.05) is 24.9 Å². The van der Waals surface area contributed by atoms with Gasteiger partial charge in [0.15, 0.2) is 0 Å². The van der Waals surface area contributed by atoms with E-state index < -0.39 is 11.9 Å². The molecule has 0 atom stereocenters. The second kappa shape index (κ2) is 5.88. The van der Waals surface area contributed by atoms with Crippen molar-refractivity contribution in [1.29, 1.82) is 0 Å². The maximum absolute atomic E-state index is 12.6. The van der Waals surface area contributed by atoms with Crippen molar-refractivity contribution in [3.05, 3.63) is 27.1 Å². The summed E-state index contributed by atoms with van der Waals surface area (Å²) in [6.07, 6.45) is 4.55. The minimum absolute atomic E-state index is 0.0485. The number of imide groups is 1. The van der Waals surface area contributed by atoms with Crippen molar-refractivity contribution in [3.8, 4) is 0 Å². The fraction of sp³-hybridized carbons (Fsp3) is 0.429. The van der Waals surface area contributed by atoms with E-state index in [-0.39, 0.29) is 18.5 Å². The van der Waals surface area contributed by atoms with Crippen LogP contribution in [0.4, 0.5) is 4.79 Å². The maximum atomic E-state index is 12.6. The molecule has 0 fully saturated rings. The van der Waals surface area contributed by atoms with E-state index in [0.29, 0.717) is 5.39 Å². The Hall–Kier alpha value is -2.22. The summed E-state index contributed by atoms with van der Waals surface area (Å²) in [6, 6.07) is -0.554. The molecule has 2 N–H and O–H groups in total. The molecule has 1 aliphatic carbocycles. The number of urea groups is 1. The van der Waals surface area contributed by atoms with E-state index in [1.165, 1.54) is 22.8 Å². The van der Waals surface area contributed by atoms with Gasteiger partial charge in [0.05, 0.1) is 11.7 Å². The van der Waals surface area contributed by atoms with Crippen LogP contribution in [0.5, 0.6) is 0 Å². The first-order valence-corrected chi connectivity index (χ1v) is 7.93. The highest BCUT2D eigenvalue weighted by atomic mass is 32.1. The molecular weight excluding hydrogens is 304 g/mol. The van der Waals surface area contributed by atoms with E-state index in [0.717, 1.165) is 29.7 Å². The highest BCUT2D eigenvalue weighted by Crippen LogP contribution is 2.34. The van der Waals surface area contributed by atoms with Gasteiger partial charge in [0.2, 0.25) is 5.91 Å². The van der Waals surface area contributed by atoms with Crippen LogP contribution in [0, 0.1) is 0 Å². The molecule has 2 aromatic rings. The number of aryl methyl sites for hydroxylation is 3. The first kappa shape index (κ1) is 14.7. The third-order valence-electron chi connectivity index (χ3n) is 3.75. The number of nitrogens with zero attached hydrogens (tertiary/aromatic N) is 2. The number of carbonyl (C=O) groups is 2. The standard InChI is InChI=1S/C14H16N4O3S/c1-15-14(21)17-10(19)5-6-18-7-16-12-11(13(18)20)8-3-2-4-9(8)22-12/h7H,2-6H2,1H3,(H2,15,17,19,21). The van der Waals surface area contributed by atoms with Gasteiger partial charge in [-0.2, -0.15) is 0 Å². The second-order valence-corrected chi connectivity index (χ2v) is 6.24. The lowest BCUT2D eigenvalue weighted by Gasteiger charge is -2.06. The topological polar surface area (TPSA) is 93.1 Å². The Morgan fingerprint density at radius 1 is 1.41 bits per heavy atom. The normalized spacial score (nSPS) is 13.1. The largest absolute Gasteiger partial charge is 0.341 e. The Labute approximate surface area is 130 Å². The van der Waals surface area contributed by atoms with Crippen LogP contribution in [-0.2, 0) is 24.2 Å². The number of amides is 3. The maximum Gasteiger partial charge on any atom is 0.321 e. The van der Waals surface area contributed by atoms with Crippen LogP contribution >= 0.6 is 11.3 Å². The Bertz CT molecular complexity index is 808. The minimum Gasteiger partial charge on any atom is -0.341 e. The van der Waals surface area contributed by atoms with E-state index in [9.17, 15) is 14.4 Å². The van der Waals surface area contributed by atoms with E-state index in [4.69, 9.17) is 0 Å². The molecule has 0 bridgehead atoms. The molecular formula is C14H16N4O3S. The third kappa shape index (κ3) is 2.61. The van der Waals surface area contributed by atoms with Crippen LogP contribution in [0.3, 0.4) is 0 Å². The first-order chi connectivity index (χ1) is 10.6. The lowest BCUT2D eigenvalue weighted by molar-refractivity contribution is -0.120. The summed E-state index contributed by atoms with van der Waals surface area (Å²) in [6.45, 7) is 0.204. The van der Waals surface area contributed by atoms with Gasteiger partial charge >= 0.3 is 6.03 Å². The summed E-state index contributed by atoms with van der Waals surface area (Å²) in [5, 5.41) is 5.18. The number of hydrogen-bond donors (Lipinski definition) is 2. The van der Waals surface area contributed by atoms with E-state index in [1.807, 2.05) is 0 Å². The monoisotopic (exact) mass is 320 g/mol. The van der Waals surface area contributed by atoms with Crippen LogP contribution in [0.15, 0.2) is 11.1 Å². The zero-order valence-electron chi connectivity index (χ0n) is 12.1. The zero-order valence-corrected chi connectivity index (χ0v) is 13.0. The van der Waals surface area contributed by atoms with Crippen LogP contribution in [-0.4, -0.2) is 28.5 Å². The Balaban J connectivity index is 1.80. The van der Waals surface area contributed by atoms with E-state index in [2.05, 4.69) is 15.6 Å². The number of aromatic nitrogens is 2. The molecule has 0 saturated heterocycles. The summed E-state index contributed by atoms with van der Waals surface area (Å²) in [5.74, 6) is -0.429. The molecule has 0 unspecified atom stereocenters. The van der Waals surface area contributed by atoms with Gasteiger partial charge in [-0.05, 0) is 24.8 Å². The number of fused-ring (bicyclic) bond motifs is 3. The van der Waals surface area contributed by atoms with Gasteiger partial charge in [-0.1, -0.05) is 0 Å². The molecule has 0 radical (unpaired) electrons. The molecule has 2 aromatic heterocycles. The fourth-order valence-corrected chi connectivity index (χ4v) is 3.87. The number of rotatable bonds is 3. The molecule has 2 heterocycles. The van der Waals surface area contributed by atoms with Crippen molar-refractivity contribution in [2.45, 2.75) is 32.2 Å². The average molecular weight is 320 g/mol. The van der Waals surface area contributed by atoms with Gasteiger partial charge in [-0.15, -0.1) is 11.3 Å². The Morgan fingerprint density at radius 3 is 3.00 bits per heavy atom. The number of thiophene rings is 1. The van der Waals surface area contributed by atoms with Gasteiger partial charge in [-0.3, -0.25) is 19.5 Å². The van der Waals surface area contributed by atoms with Crippen molar-refractivity contribution in [3.63, 3.8) is 0 Å². The number of carbonyl (C=O) groups excluding carboxylic acids is 2. The Kier molecular flexibility index (Phi) is 3.93. The summed E-state index contributed by atoms with van der Waals surface area (Å²) >= 11 is 1.59. The van der Waals surface area contributed by atoms with Gasteiger partial charge in [-0.25, -0.2) is 9.78 Å². The van der Waals surface area contributed by atoms with E-state index in [1.54, 1.807) is 11.3 Å². The first-order valence-electron chi connectivity index (χ1n) is 7.11. The smallest absolute Gasteiger partial charge is 0.321 e. The molecule has 0 aromatic carbocycles. The quantitative estimate of drug-likeness (QED) is 0.874. The van der Waals surface area contributed by atoms with E-state index >= 15 is 0 Å². The highest BCUT2D eigenvalue weighted by molar-refractivity contribution is 7.18. The number of nitrogens with one attached hydrogen (secondary N) is 2. The van der Waals surface area contributed by atoms with Gasteiger partial charge in [0.25, 0.3) is 5.56 Å². The molecule has 1 aliphatic rings. The molecule has 0 spiro atoms. The molecule has 3 rings (SSSR count). The van der Waals surface area contributed by atoms with Crippen LogP contribution in [0.2, 0.25) is 0 Å². The van der Waals surface area contributed by atoms with Crippen molar-refractivity contribution >= 4 is 33.5 Å². The summed E-state index contributed by atoms with van der Waals surface area (Å²) in [5.41, 5.74) is 1.03. The molecule has 22 heavy (non-hydrogen) atoms. The SMILES string of the molecule is CNC(=O)NC(=O)CCn1cnc2sc3c(c2c1=O)CCC3. The zero-order chi connectivity index (χ0) is 15.7. The lowest BCUT2D eigenvalue weighted by atomic mass is 10.2. The van der Waals surface area contributed by atoms with Crippen molar-refractivity contribution in [1.82, 2.24) is 20.2 Å². The molecule has 8 heteroatoms. The number of hydrogen-bond acceptors (Lipinski definition) is 5. The van der Waals surface area contributed by atoms with Crippen LogP contribution in [0.25, 0.3) is 10.2 Å². The predicted molar refractivity (Wildman–Crippen MR) is 83.1 cm³/mol. The molecule has 7 nitrogen and oxygen atoms in total. The van der Waals surface area contributed by atoms with Gasteiger partial charge < -0.3 is 5.32 Å². The Morgan fingerprint density at radius 2 is 2.23 bits per heavy atom. The van der Waals surface area contributed by atoms with Crippen LogP contribution < -0.4 is 16.2 Å². The van der Waals surface area contributed by atoms with Crippen molar-refractivity contribution in [2.75, 3.05) is 7.05 Å². The molecule has 0 aliphatic heterocycles. The highest BCUT2D eigenvalue weighted by Gasteiger charge is 2.21. The van der Waals surface area contributed by atoms with Crippen LogP contribution in [0.1, 0.15) is 23.3 Å². The fourth-order valence-electron chi connectivity index (χ4n) is 2.65. The summed E-state index contributed by atoms with van der Waals surface area (Å²) in [7, 11) is 1.43. The second-order valence-electron chi connectivity index (χ2n) is 5.16. The summed E-state index contributed by atoms with van der Waals surface area (Å²) < 4.78 is 1.44. The van der Waals surface area contributed by atoms with Crippen molar-refractivity contribution < 1.29 is 9.59 Å². The third-order valence-corrected chi connectivity index (χ3v) is 4.95. The summed E-state index contributed by atoms with van der Waals surface area (Å²) in [4.78, 5) is 41.6. The predicted octanol–water partition coefficient (Wildman–Crippen LogP) is 0.792. The lowest BCUT2D eigenvalue weighted by Crippen LogP contribution is -2.38. The van der Waals surface area contributed by atoms with Gasteiger partial charge in [0.1, 0.15) is 4.83 Å².